The van der Waals surface area contributed by atoms with E-state index in [-0.39, 0.29) is 0 Å². The van der Waals surface area contributed by atoms with Gasteiger partial charge in [0, 0.05) is 36.4 Å². The summed E-state index contributed by atoms with van der Waals surface area (Å²) in [6.07, 6.45) is 0. The summed E-state index contributed by atoms with van der Waals surface area (Å²) in [7, 11) is -4.94. The minimum absolute atomic E-state index is 1.26. The van der Waals surface area contributed by atoms with Crippen molar-refractivity contribution in [3.63, 3.8) is 0 Å². The molecule has 0 atom stereocenters. The number of hydrogen-bond acceptors (Lipinski definition) is 4. The van der Waals surface area contributed by atoms with Crippen molar-refractivity contribution in [3.8, 4) is 0 Å². The second-order valence-electron chi connectivity index (χ2n) is 6.35. The highest BCUT2D eigenvalue weighted by Gasteiger charge is 2.18. The predicted molar refractivity (Wildman–Crippen MR) is 93.5 cm³/mol. The highest BCUT2D eigenvalue weighted by Crippen LogP contribution is 2.16. The number of benzene rings is 3. The zero-order chi connectivity index (χ0) is 20.0. The molecule has 0 unspecified atom stereocenters. The van der Waals surface area contributed by atoms with E-state index >= 15 is 0 Å². The molecule has 3 rings (SSSR count). The molecular formula is C21H22ClNO4. The van der Waals surface area contributed by atoms with Gasteiger partial charge in [-0.15, -0.1) is 10.2 Å². The van der Waals surface area contributed by atoms with Crippen LogP contribution in [0.1, 0.15) is 16.7 Å². The Labute approximate surface area is 161 Å². The Morgan fingerprint density at radius 1 is 0.481 bits per heavy atom. The molecule has 0 radical (unpaired) electrons. The molecule has 0 fully saturated rings. The summed E-state index contributed by atoms with van der Waals surface area (Å²) in [5, 5.41) is 0. The van der Waals surface area contributed by atoms with Crippen molar-refractivity contribution in [1.82, 2.24) is 0 Å². The van der Waals surface area contributed by atoms with Crippen molar-refractivity contribution in [3.05, 3.63) is 89.5 Å². The first-order valence-corrected chi connectivity index (χ1v) is 9.57. The largest absolute Gasteiger partial charge is 0.238 e. The van der Waals surface area contributed by atoms with Gasteiger partial charge in [-0.2, -0.15) is 0 Å². The van der Waals surface area contributed by atoms with E-state index in [1.54, 1.807) is 0 Å². The number of hydrogen-bond donors (Lipinski definition) is 1. The molecule has 0 amide bonds. The van der Waals surface area contributed by atoms with Crippen molar-refractivity contribution >= 4 is 17.1 Å². The van der Waals surface area contributed by atoms with Gasteiger partial charge in [0.2, 0.25) is 0 Å². The first kappa shape index (κ1) is 21.1. The summed E-state index contributed by atoms with van der Waals surface area (Å²) in [6.45, 7) is 6.38. The molecule has 0 aromatic heterocycles. The third kappa shape index (κ3) is 7.11. The van der Waals surface area contributed by atoms with E-state index in [4.69, 9.17) is 18.6 Å². The van der Waals surface area contributed by atoms with Crippen LogP contribution in [-0.4, -0.2) is 0 Å². The molecule has 0 aliphatic carbocycles. The van der Waals surface area contributed by atoms with Crippen molar-refractivity contribution in [2.24, 2.45) is 0 Å². The Kier molecular flexibility index (Phi) is 7.10. The maximum absolute atomic E-state index is 8.49. The second kappa shape index (κ2) is 9.10. The molecule has 0 spiro atoms. The van der Waals surface area contributed by atoms with E-state index in [1.807, 2.05) is 0 Å². The quantitative estimate of drug-likeness (QED) is 0.686. The Morgan fingerprint density at radius 2 is 0.667 bits per heavy atom. The normalized spacial score (nSPS) is 11.1. The highest BCUT2D eigenvalue weighted by atomic mass is 35.7. The van der Waals surface area contributed by atoms with E-state index < -0.39 is 10.2 Å². The zero-order valence-electron chi connectivity index (χ0n) is 15.4. The van der Waals surface area contributed by atoms with Gasteiger partial charge in [-0.1, -0.05) is 53.1 Å². The summed E-state index contributed by atoms with van der Waals surface area (Å²) in [6, 6.07) is 26.3. The fourth-order valence-corrected chi connectivity index (χ4v) is 2.66. The monoisotopic (exact) mass is 387 g/mol. The van der Waals surface area contributed by atoms with Gasteiger partial charge in [0.1, 0.15) is 17.1 Å². The van der Waals surface area contributed by atoms with Gasteiger partial charge < -0.3 is 0 Å². The van der Waals surface area contributed by atoms with Gasteiger partial charge in [-0.3, -0.25) is 0 Å². The third-order valence-electron chi connectivity index (χ3n) is 4.02. The molecule has 3 aromatic rings. The van der Waals surface area contributed by atoms with Crippen LogP contribution in [0.15, 0.2) is 72.8 Å². The molecule has 0 bridgehead atoms. The maximum Gasteiger partial charge on any atom is 0.141 e. The van der Waals surface area contributed by atoms with Gasteiger partial charge in [-0.25, -0.2) is 23.5 Å². The summed E-state index contributed by atoms with van der Waals surface area (Å²) in [5.41, 5.74) is 7.65. The summed E-state index contributed by atoms with van der Waals surface area (Å²) in [4.78, 5) is 1.29. The number of rotatable bonds is 3. The van der Waals surface area contributed by atoms with Gasteiger partial charge in [-0.05, 0) is 20.8 Å². The van der Waals surface area contributed by atoms with Gasteiger partial charge >= 0.3 is 0 Å². The lowest BCUT2D eigenvalue weighted by molar-refractivity contribution is -2.00. The van der Waals surface area contributed by atoms with Crippen LogP contribution in [0, 0.1) is 31.0 Å². The van der Waals surface area contributed by atoms with Crippen molar-refractivity contribution in [2.75, 3.05) is 0 Å². The van der Waals surface area contributed by atoms with Crippen LogP contribution in [0.25, 0.3) is 0 Å². The van der Waals surface area contributed by atoms with Crippen molar-refractivity contribution < 1.29 is 33.8 Å². The van der Waals surface area contributed by atoms with Crippen LogP contribution in [0.5, 0.6) is 0 Å². The summed E-state index contributed by atoms with van der Waals surface area (Å²) >= 11 is 0. The van der Waals surface area contributed by atoms with Crippen LogP contribution < -0.4 is 23.5 Å². The number of halogens is 1. The van der Waals surface area contributed by atoms with E-state index in [0.29, 0.717) is 0 Å². The van der Waals surface area contributed by atoms with Crippen LogP contribution >= 0.6 is 0 Å². The molecule has 142 valence electrons. The fourth-order valence-electron chi connectivity index (χ4n) is 2.66. The Balaban J connectivity index is 0.000000465. The molecule has 0 saturated carbocycles. The minimum Gasteiger partial charge on any atom is -0.238 e. The average molecular weight is 388 g/mol. The Bertz CT molecular complexity index is 727. The predicted octanol–water partition coefficient (Wildman–Crippen LogP) is 0.0357. The first-order valence-electron chi connectivity index (χ1n) is 8.33. The molecule has 6 heteroatoms. The third-order valence-corrected chi connectivity index (χ3v) is 4.02. The average Bonchev–Trinajstić information content (AvgIpc) is 2.59. The van der Waals surface area contributed by atoms with Gasteiger partial charge in [0.15, 0.2) is 0 Å². The van der Waals surface area contributed by atoms with E-state index in [2.05, 4.69) is 93.6 Å². The van der Waals surface area contributed by atoms with Crippen LogP contribution in [0.3, 0.4) is 0 Å². The molecule has 1 N–H and O–H groups in total. The van der Waals surface area contributed by atoms with Gasteiger partial charge in [0.05, 0.1) is 0 Å². The van der Waals surface area contributed by atoms with Crippen molar-refractivity contribution in [2.45, 2.75) is 20.8 Å². The van der Waals surface area contributed by atoms with Crippen LogP contribution in [0.4, 0.5) is 17.1 Å². The van der Waals surface area contributed by atoms with Gasteiger partial charge in [0.25, 0.3) is 0 Å². The molecule has 0 saturated heterocycles. The lowest BCUT2D eigenvalue weighted by Gasteiger charge is -2.19. The zero-order valence-corrected chi connectivity index (χ0v) is 16.2. The lowest BCUT2D eigenvalue weighted by atomic mass is 10.1. The molecule has 0 aliphatic rings. The SMILES string of the molecule is Cc1ccc([NH+](c2ccc(C)cc2)c2ccc(C)cc2)cc1.[O-][Cl+3]([O-])([O-])[O-]. The Hall–Kier alpha value is -2.25. The molecule has 27 heavy (non-hydrogen) atoms. The van der Waals surface area contributed by atoms with Crippen LogP contribution in [-0.2, 0) is 0 Å². The molecule has 5 nitrogen and oxygen atoms in total. The number of aryl methyl sites for hydroxylation is 3. The Morgan fingerprint density at radius 3 is 0.852 bits per heavy atom. The smallest absolute Gasteiger partial charge is 0.141 e. The fraction of sp³-hybridized carbons (Fsp3) is 0.143. The highest BCUT2D eigenvalue weighted by molar-refractivity contribution is 5.47. The summed E-state index contributed by atoms with van der Waals surface area (Å²) < 4.78 is 34.0. The maximum atomic E-state index is 8.49. The van der Waals surface area contributed by atoms with Crippen LogP contribution in [0.2, 0.25) is 0 Å². The number of quaternary nitrogens is 1. The molecule has 0 aliphatic heterocycles. The first-order chi connectivity index (χ1) is 12.6. The topological polar surface area (TPSA) is 96.7 Å². The number of nitrogens with one attached hydrogen (secondary N) is 1. The summed E-state index contributed by atoms with van der Waals surface area (Å²) in [5.74, 6) is 0. The second-order valence-corrected chi connectivity index (χ2v) is 7.11. The molecule has 0 heterocycles. The molecular weight excluding hydrogens is 366 g/mol. The van der Waals surface area contributed by atoms with Crippen molar-refractivity contribution in [1.29, 1.82) is 0 Å². The van der Waals surface area contributed by atoms with E-state index in [1.165, 1.54) is 38.7 Å². The minimum atomic E-state index is -4.94. The van der Waals surface area contributed by atoms with E-state index in [9.17, 15) is 0 Å². The molecule has 3 aromatic carbocycles. The standard InChI is InChI=1S/C21H21N.ClHO4/c1-16-4-10-19(11-5-16)22(20-12-6-17(2)7-13-20)21-14-8-18(3)9-15-21;2-1(3,4)5/h4-15H,1-3H3;(H,2,3,4,5). The lowest BCUT2D eigenvalue weighted by Crippen LogP contribution is -2.96. The van der Waals surface area contributed by atoms with E-state index in [0.717, 1.165) is 0 Å².